The number of anilines is 2. The Morgan fingerprint density at radius 3 is 2.42 bits per heavy atom. The second kappa shape index (κ2) is 8.33. The van der Waals surface area contributed by atoms with Crippen molar-refractivity contribution in [2.24, 2.45) is 0 Å². The second-order valence-electron chi connectivity index (χ2n) is 6.21. The van der Waals surface area contributed by atoms with E-state index in [4.69, 9.17) is 9.84 Å². The molecule has 1 aromatic heterocycles. The second-order valence-corrected chi connectivity index (χ2v) is 6.21. The molecular weight excluding hydrogens is 334 g/mol. The van der Waals surface area contributed by atoms with Crippen LogP contribution in [0.2, 0.25) is 0 Å². The molecule has 7 nitrogen and oxygen atoms in total. The molecule has 2 rings (SSSR count). The van der Waals surface area contributed by atoms with Crippen molar-refractivity contribution >= 4 is 23.5 Å². The minimum Gasteiger partial charge on any atom is -0.478 e. The molecule has 0 saturated carbocycles. The van der Waals surface area contributed by atoms with Crippen molar-refractivity contribution in [3.05, 3.63) is 48.7 Å². The normalized spacial score (nSPS) is 10.9. The molecule has 2 N–H and O–H groups in total. The molecule has 138 valence electrons. The summed E-state index contributed by atoms with van der Waals surface area (Å²) in [5, 5.41) is 11.9. The highest BCUT2D eigenvalue weighted by atomic mass is 16.5. The van der Waals surface area contributed by atoms with Crippen molar-refractivity contribution in [2.45, 2.75) is 32.8 Å². The Hall–Kier alpha value is -3.09. The average Bonchev–Trinajstić information content (AvgIpc) is 2.61. The SMILES string of the molecule is CCCN(C(=O)Nc1ccccn1)c1ccc(OC(C)(C)C(=O)O)cc1. The molecule has 0 atom stereocenters. The number of pyridine rings is 1. The van der Waals surface area contributed by atoms with Crippen molar-refractivity contribution in [3.63, 3.8) is 0 Å². The highest BCUT2D eigenvalue weighted by molar-refractivity contribution is 6.01. The highest BCUT2D eigenvalue weighted by Crippen LogP contribution is 2.24. The first kappa shape index (κ1) is 19.2. The molecule has 1 heterocycles. The summed E-state index contributed by atoms with van der Waals surface area (Å²) in [7, 11) is 0. The molecule has 0 aliphatic carbocycles. The third kappa shape index (κ3) is 4.95. The Labute approximate surface area is 152 Å². The lowest BCUT2D eigenvalue weighted by molar-refractivity contribution is -0.152. The van der Waals surface area contributed by atoms with Crippen LogP contribution in [0.3, 0.4) is 0 Å². The van der Waals surface area contributed by atoms with E-state index in [1.165, 1.54) is 13.8 Å². The van der Waals surface area contributed by atoms with Crippen molar-refractivity contribution in [1.29, 1.82) is 0 Å². The molecule has 0 spiro atoms. The number of aliphatic carboxylic acids is 1. The molecule has 0 bridgehead atoms. The van der Waals surface area contributed by atoms with Gasteiger partial charge in [-0.1, -0.05) is 13.0 Å². The smallest absolute Gasteiger partial charge is 0.347 e. The summed E-state index contributed by atoms with van der Waals surface area (Å²) < 4.78 is 5.49. The summed E-state index contributed by atoms with van der Waals surface area (Å²) in [4.78, 5) is 29.4. The van der Waals surface area contributed by atoms with Crippen LogP contribution >= 0.6 is 0 Å². The predicted octanol–water partition coefficient (Wildman–Crippen LogP) is 3.77. The number of benzene rings is 1. The fraction of sp³-hybridized carbons (Fsp3) is 0.316. The van der Waals surface area contributed by atoms with Crippen molar-refractivity contribution in [2.75, 3.05) is 16.8 Å². The van der Waals surface area contributed by atoms with Crippen LogP contribution in [-0.2, 0) is 4.79 Å². The molecule has 7 heteroatoms. The number of urea groups is 1. The van der Waals surface area contributed by atoms with Gasteiger partial charge in [0.05, 0.1) is 0 Å². The number of carbonyl (C=O) groups is 2. The van der Waals surface area contributed by atoms with E-state index in [-0.39, 0.29) is 6.03 Å². The van der Waals surface area contributed by atoms with Gasteiger partial charge >= 0.3 is 12.0 Å². The lowest BCUT2D eigenvalue weighted by Crippen LogP contribution is -2.38. The van der Waals surface area contributed by atoms with Gasteiger partial charge in [0.15, 0.2) is 5.60 Å². The molecule has 0 aliphatic heterocycles. The molecule has 0 radical (unpaired) electrons. The van der Waals surface area contributed by atoms with E-state index in [9.17, 15) is 9.59 Å². The predicted molar refractivity (Wildman–Crippen MR) is 99.7 cm³/mol. The standard InChI is InChI=1S/C19H23N3O4/c1-4-13-22(18(25)21-16-7-5-6-12-20-16)14-8-10-15(11-9-14)26-19(2,3)17(23)24/h5-12H,4,13H2,1-3H3,(H,23,24)(H,20,21,25). The number of carbonyl (C=O) groups excluding carboxylic acids is 1. The lowest BCUT2D eigenvalue weighted by atomic mass is 10.1. The van der Waals surface area contributed by atoms with Crippen LogP contribution < -0.4 is 15.0 Å². The van der Waals surface area contributed by atoms with Crippen LogP contribution in [0.5, 0.6) is 5.75 Å². The third-order valence-electron chi connectivity index (χ3n) is 3.63. The summed E-state index contributed by atoms with van der Waals surface area (Å²) in [5.74, 6) is -0.159. The zero-order valence-electron chi connectivity index (χ0n) is 15.1. The van der Waals surface area contributed by atoms with Gasteiger partial charge in [-0.3, -0.25) is 10.2 Å². The summed E-state index contributed by atoms with van der Waals surface area (Å²) >= 11 is 0. The molecule has 2 amide bonds. The lowest BCUT2D eigenvalue weighted by Gasteiger charge is -2.24. The van der Waals surface area contributed by atoms with Gasteiger partial charge in [0, 0.05) is 18.4 Å². The van der Waals surface area contributed by atoms with Crippen molar-refractivity contribution in [3.8, 4) is 5.75 Å². The Balaban J connectivity index is 2.14. The number of amides is 2. The van der Waals surface area contributed by atoms with Crippen LogP contribution in [-0.4, -0.2) is 34.2 Å². The quantitative estimate of drug-likeness (QED) is 0.787. The molecule has 0 aliphatic rings. The Kier molecular flexibility index (Phi) is 6.16. The van der Waals surface area contributed by atoms with Gasteiger partial charge in [0.25, 0.3) is 0 Å². The number of aromatic nitrogens is 1. The number of ether oxygens (including phenoxy) is 1. The van der Waals surface area contributed by atoms with Gasteiger partial charge in [0.1, 0.15) is 11.6 Å². The van der Waals surface area contributed by atoms with Crippen molar-refractivity contribution in [1.82, 2.24) is 4.98 Å². The minimum atomic E-state index is -1.33. The molecule has 0 fully saturated rings. The van der Waals surface area contributed by atoms with E-state index in [1.807, 2.05) is 6.92 Å². The van der Waals surface area contributed by atoms with E-state index < -0.39 is 11.6 Å². The monoisotopic (exact) mass is 357 g/mol. The minimum absolute atomic E-state index is 0.287. The molecule has 2 aromatic rings. The van der Waals surface area contributed by atoms with Crippen LogP contribution in [0.4, 0.5) is 16.3 Å². The summed E-state index contributed by atoms with van der Waals surface area (Å²) in [6.45, 7) is 5.47. The van der Waals surface area contributed by atoms with Gasteiger partial charge in [-0.2, -0.15) is 0 Å². The van der Waals surface area contributed by atoms with Gasteiger partial charge in [-0.05, 0) is 56.7 Å². The zero-order chi connectivity index (χ0) is 19.2. The van der Waals surface area contributed by atoms with Crippen LogP contribution in [0, 0.1) is 0 Å². The maximum Gasteiger partial charge on any atom is 0.347 e. The average molecular weight is 357 g/mol. The van der Waals surface area contributed by atoms with E-state index in [0.29, 0.717) is 23.8 Å². The van der Waals surface area contributed by atoms with Gasteiger partial charge < -0.3 is 9.84 Å². The Morgan fingerprint density at radius 2 is 1.88 bits per heavy atom. The number of nitrogens with one attached hydrogen (secondary N) is 1. The number of rotatable bonds is 7. The van der Waals surface area contributed by atoms with Gasteiger partial charge in [0.2, 0.25) is 0 Å². The van der Waals surface area contributed by atoms with E-state index >= 15 is 0 Å². The summed E-state index contributed by atoms with van der Waals surface area (Å²) in [5.41, 5.74) is -0.651. The summed E-state index contributed by atoms with van der Waals surface area (Å²) in [6.07, 6.45) is 2.38. The van der Waals surface area contributed by atoms with E-state index in [0.717, 1.165) is 6.42 Å². The zero-order valence-corrected chi connectivity index (χ0v) is 15.1. The maximum atomic E-state index is 12.6. The van der Waals surface area contributed by atoms with Crippen LogP contribution in [0.15, 0.2) is 48.7 Å². The third-order valence-corrected chi connectivity index (χ3v) is 3.63. The molecule has 1 aromatic carbocycles. The number of hydrogen-bond acceptors (Lipinski definition) is 4. The van der Waals surface area contributed by atoms with Gasteiger partial charge in [-0.25, -0.2) is 14.6 Å². The number of hydrogen-bond donors (Lipinski definition) is 2. The van der Waals surface area contributed by atoms with E-state index in [2.05, 4.69) is 10.3 Å². The molecular formula is C19H23N3O4. The fourth-order valence-corrected chi connectivity index (χ4v) is 2.22. The fourth-order valence-electron chi connectivity index (χ4n) is 2.22. The Morgan fingerprint density at radius 1 is 1.19 bits per heavy atom. The van der Waals surface area contributed by atoms with Crippen LogP contribution in [0.1, 0.15) is 27.2 Å². The van der Waals surface area contributed by atoms with Crippen molar-refractivity contribution < 1.29 is 19.4 Å². The molecule has 26 heavy (non-hydrogen) atoms. The largest absolute Gasteiger partial charge is 0.478 e. The van der Waals surface area contributed by atoms with Gasteiger partial charge in [-0.15, -0.1) is 0 Å². The number of nitrogens with zero attached hydrogens (tertiary/aromatic N) is 2. The Bertz CT molecular complexity index is 745. The first-order valence-corrected chi connectivity index (χ1v) is 8.35. The maximum absolute atomic E-state index is 12.6. The molecule has 0 unspecified atom stereocenters. The number of carboxylic acids is 1. The number of carboxylic acid groups (broad SMARTS) is 1. The summed E-state index contributed by atoms with van der Waals surface area (Å²) in [6, 6.07) is 11.7. The first-order valence-electron chi connectivity index (χ1n) is 8.35. The van der Waals surface area contributed by atoms with Crippen LogP contribution in [0.25, 0.3) is 0 Å². The highest BCUT2D eigenvalue weighted by Gasteiger charge is 2.29. The topological polar surface area (TPSA) is 91.8 Å². The molecule has 0 saturated heterocycles. The van der Waals surface area contributed by atoms with E-state index in [1.54, 1.807) is 53.6 Å². The first-order chi connectivity index (χ1) is 12.3.